The number of esters is 2. The van der Waals surface area contributed by atoms with Crippen molar-refractivity contribution in [3.8, 4) is 0 Å². The Morgan fingerprint density at radius 3 is 1.00 bits per heavy atom. The summed E-state index contributed by atoms with van der Waals surface area (Å²) in [6.07, 6.45) is 76.5. The molecule has 0 aromatic heterocycles. The van der Waals surface area contributed by atoms with E-state index in [0.717, 1.165) is 77.0 Å². The van der Waals surface area contributed by atoms with Crippen molar-refractivity contribution < 1.29 is 23.8 Å². The Labute approximate surface area is 423 Å². The van der Waals surface area contributed by atoms with Gasteiger partial charge in [-0.15, -0.1) is 0 Å². The first kappa shape index (κ1) is 65.3. The van der Waals surface area contributed by atoms with Gasteiger partial charge in [-0.1, -0.05) is 286 Å². The highest BCUT2D eigenvalue weighted by Gasteiger charge is 2.17. The Hall–Kier alpha value is -2.66. The molecule has 0 rings (SSSR count). The van der Waals surface area contributed by atoms with E-state index >= 15 is 0 Å². The summed E-state index contributed by atoms with van der Waals surface area (Å²) in [5.74, 6) is -0.414. The minimum Gasteiger partial charge on any atom is -0.462 e. The van der Waals surface area contributed by atoms with Crippen molar-refractivity contribution in [1.82, 2.24) is 0 Å². The molecule has 0 aliphatic heterocycles. The fourth-order valence-electron chi connectivity index (χ4n) is 8.41. The fourth-order valence-corrected chi connectivity index (χ4v) is 8.41. The van der Waals surface area contributed by atoms with Crippen LogP contribution < -0.4 is 0 Å². The minimum atomic E-state index is -0.566. The molecule has 0 saturated heterocycles. The molecule has 0 spiro atoms. The van der Waals surface area contributed by atoms with Crippen molar-refractivity contribution in [2.45, 2.75) is 297 Å². The molecule has 0 saturated carbocycles. The summed E-state index contributed by atoms with van der Waals surface area (Å²) in [6.45, 7) is 7.62. The summed E-state index contributed by atoms with van der Waals surface area (Å²) in [5.41, 5.74) is 0. The lowest BCUT2D eigenvalue weighted by Crippen LogP contribution is -2.30. The number of allylic oxidation sites excluding steroid dienone is 12. The third kappa shape index (κ3) is 55.9. The monoisotopic (exact) mass is 949 g/mol. The second-order valence-corrected chi connectivity index (χ2v) is 19.5. The van der Waals surface area contributed by atoms with Gasteiger partial charge in [0.05, 0.1) is 6.61 Å². The lowest BCUT2D eigenvalue weighted by atomic mass is 10.0. The molecule has 68 heavy (non-hydrogen) atoms. The largest absolute Gasteiger partial charge is 0.462 e. The maximum Gasteiger partial charge on any atom is 0.306 e. The maximum absolute atomic E-state index is 12.9. The van der Waals surface area contributed by atoms with Gasteiger partial charge in [0.15, 0.2) is 6.10 Å². The van der Waals surface area contributed by atoms with E-state index in [-0.39, 0.29) is 25.2 Å². The molecule has 0 aliphatic rings. The number of hydrogen-bond acceptors (Lipinski definition) is 5. The van der Waals surface area contributed by atoms with Crippen LogP contribution in [0.25, 0.3) is 0 Å². The lowest BCUT2D eigenvalue weighted by molar-refractivity contribution is -0.163. The standard InChI is InChI=1S/C63H112O5/c1-4-7-10-13-16-19-22-25-28-30-31-32-34-37-40-43-46-49-52-55-58-66-59-61(68-63(65)57-54-51-48-45-42-39-35-27-24-21-18-15-12-9-6-3)60-67-62(64)56-53-50-47-44-41-38-36-33-29-26-23-20-17-14-11-8-5-2/h7,10,16,19,25,28,31-32,37,40,46,49,61H,4-6,8-9,11-15,17-18,20-24,26-27,29-30,33-36,38-39,41-45,47-48,50-60H2,1-3H3/b10-7-,19-16-,28-25-,32-31-,40-37-,49-46-. The zero-order valence-electron chi connectivity index (χ0n) is 45.4. The van der Waals surface area contributed by atoms with Gasteiger partial charge in [0.2, 0.25) is 0 Å². The van der Waals surface area contributed by atoms with Crippen LogP contribution in [0.5, 0.6) is 0 Å². The van der Waals surface area contributed by atoms with Gasteiger partial charge in [0.1, 0.15) is 6.61 Å². The van der Waals surface area contributed by atoms with Crippen LogP contribution in [0.15, 0.2) is 72.9 Å². The zero-order chi connectivity index (χ0) is 49.2. The molecule has 0 fully saturated rings. The first-order valence-electron chi connectivity index (χ1n) is 29.5. The molecule has 0 aliphatic carbocycles. The minimum absolute atomic E-state index is 0.0650. The van der Waals surface area contributed by atoms with Crippen molar-refractivity contribution in [1.29, 1.82) is 0 Å². The third-order valence-corrected chi connectivity index (χ3v) is 12.8. The van der Waals surface area contributed by atoms with Crippen molar-refractivity contribution in [3.63, 3.8) is 0 Å². The van der Waals surface area contributed by atoms with Crippen LogP contribution in [0, 0.1) is 0 Å². The summed E-state index contributed by atoms with van der Waals surface area (Å²) < 4.78 is 17.4. The highest BCUT2D eigenvalue weighted by atomic mass is 16.6. The van der Waals surface area contributed by atoms with E-state index in [1.807, 2.05) is 0 Å². The van der Waals surface area contributed by atoms with Gasteiger partial charge in [-0.05, 0) is 64.2 Å². The molecule has 0 bridgehead atoms. The third-order valence-electron chi connectivity index (χ3n) is 12.8. The van der Waals surface area contributed by atoms with Gasteiger partial charge in [-0.3, -0.25) is 9.59 Å². The molecule has 0 aromatic rings. The first-order valence-corrected chi connectivity index (χ1v) is 29.5. The summed E-state index contributed by atoms with van der Waals surface area (Å²) in [6, 6.07) is 0. The molecule has 5 nitrogen and oxygen atoms in total. The maximum atomic E-state index is 12.9. The van der Waals surface area contributed by atoms with Gasteiger partial charge in [-0.2, -0.15) is 0 Å². The van der Waals surface area contributed by atoms with E-state index in [9.17, 15) is 9.59 Å². The van der Waals surface area contributed by atoms with Gasteiger partial charge in [-0.25, -0.2) is 0 Å². The summed E-state index contributed by atoms with van der Waals surface area (Å²) in [4.78, 5) is 25.5. The topological polar surface area (TPSA) is 61.8 Å². The number of carbonyl (C=O) groups excluding carboxylic acids is 2. The fraction of sp³-hybridized carbons (Fsp3) is 0.778. The summed E-state index contributed by atoms with van der Waals surface area (Å²) >= 11 is 0. The quantitative estimate of drug-likeness (QED) is 0.0345. The van der Waals surface area contributed by atoms with Gasteiger partial charge >= 0.3 is 11.9 Å². The Morgan fingerprint density at radius 2 is 0.647 bits per heavy atom. The molecule has 394 valence electrons. The van der Waals surface area contributed by atoms with E-state index in [2.05, 4.69) is 93.7 Å². The number of unbranched alkanes of at least 4 members (excludes halogenated alkanes) is 31. The molecule has 1 atom stereocenters. The summed E-state index contributed by atoms with van der Waals surface area (Å²) in [7, 11) is 0. The molecule has 0 N–H and O–H groups in total. The highest BCUT2D eigenvalue weighted by molar-refractivity contribution is 5.70. The Balaban J connectivity index is 4.34. The second-order valence-electron chi connectivity index (χ2n) is 19.5. The molecule has 1 unspecified atom stereocenters. The highest BCUT2D eigenvalue weighted by Crippen LogP contribution is 2.16. The van der Waals surface area contributed by atoms with Crippen LogP contribution in [0.1, 0.15) is 290 Å². The molecule has 0 amide bonds. The molecular weight excluding hydrogens is 837 g/mol. The van der Waals surface area contributed by atoms with Crippen molar-refractivity contribution in [2.24, 2.45) is 0 Å². The molecule has 0 heterocycles. The van der Waals surface area contributed by atoms with E-state index < -0.39 is 6.10 Å². The predicted octanol–water partition coefficient (Wildman–Crippen LogP) is 20.2. The van der Waals surface area contributed by atoms with E-state index in [1.54, 1.807) is 0 Å². The van der Waals surface area contributed by atoms with E-state index in [0.29, 0.717) is 19.4 Å². The molecule has 0 aromatic carbocycles. The van der Waals surface area contributed by atoms with Crippen LogP contribution in [-0.4, -0.2) is 37.9 Å². The lowest BCUT2D eigenvalue weighted by Gasteiger charge is -2.18. The Morgan fingerprint density at radius 1 is 0.338 bits per heavy atom. The van der Waals surface area contributed by atoms with Gasteiger partial charge < -0.3 is 14.2 Å². The van der Waals surface area contributed by atoms with E-state index in [4.69, 9.17) is 14.2 Å². The number of hydrogen-bond donors (Lipinski definition) is 0. The van der Waals surface area contributed by atoms with Crippen LogP contribution >= 0.6 is 0 Å². The van der Waals surface area contributed by atoms with Crippen molar-refractivity contribution in [2.75, 3.05) is 19.8 Å². The Kier molecular flexibility index (Phi) is 56.4. The number of ether oxygens (including phenoxy) is 3. The number of carbonyl (C=O) groups is 2. The molecule has 0 radical (unpaired) electrons. The van der Waals surface area contributed by atoms with Gasteiger partial charge in [0, 0.05) is 19.4 Å². The normalized spacial score (nSPS) is 12.7. The van der Waals surface area contributed by atoms with Crippen molar-refractivity contribution in [3.05, 3.63) is 72.9 Å². The first-order chi connectivity index (χ1) is 33.6. The molecule has 5 heteroatoms. The smallest absolute Gasteiger partial charge is 0.306 e. The Bertz CT molecular complexity index is 1210. The average Bonchev–Trinajstić information content (AvgIpc) is 3.34. The van der Waals surface area contributed by atoms with Crippen LogP contribution in [-0.2, 0) is 23.8 Å². The van der Waals surface area contributed by atoms with E-state index in [1.165, 1.54) is 180 Å². The summed E-state index contributed by atoms with van der Waals surface area (Å²) in [5, 5.41) is 0. The van der Waals surface area contributed by atoms with Crippen LogP contribution in [0.2, 0.25) is 0 Å². The second kappa shape index (κ2) is 58.7. The molecular formula is C63H112O5. The predicted molar refractivity (Wildman–Crippen MR) is 297 cm³/mol. The van der Waals surface area contributed by atoms with Crippen molar-refractivity contribution >= 4 is 11.9 Å². The SMILES string of the molecule is CC/C=C\C/C=C\C/C=C\C/C=C\C/C=C\C/C=C\CCCOCC(COC(=O)CCCCCCCCCCCCCCCCCCC)OC(=O)CCCCCCCCCCCCCCCCC. The number of rotatable bonds is 54. The van der Waals surface area contributed by atoms with Crippen LogP contribution in [0.4, 0.5) is 0 Å². The zero-order valence-corrected chi connectivity index (χ0v) is 45.4. The van der Waals surface area contributed by atoms with Gasteiger partial charge in [0.25, 0.3) is 0 Å². The average molecular weight is 950 g/mol. The van der Waals surface area contributed by atoms with Crippen LogP contribution in [0.3, 0.4) is 0 Å².